The maximum Gasteiger partial charge on any atom is 0.331 e. The van der Waals surface area contributed by atoms with Gasteiger partial charge in [-0.3, -0.25) is 4.79 Å². The van der Waals surface area contributed by atoms with Gasteiger partial charge in [0.2, 0.25) is 5.91 Å². The van der Waals surface area contributed by atoms with Gasteiger partial charge in [0.15, 0.2) is 6.04 Å². The zero-order valence-corrected chi connectivity index (χ0v) is 13.7. The maximum atomic E-state index is 12.3. The van der Waals surface area contributed by atoms with Crippen LogP contribution in [-0.4, -0.2) is 21.9 Å². The molecule has 1 N–H and O–H groups in total. The number of fused-ring (bicyclic) bond motifs is 1. The third-order valence-corrected chi connectivity index (χ3v) is 4.86. The van der Waals surface area contributed by atoms with E-state index in [1.165, 1.54) is 16.2 Å². The van der Waals surface area contributed by atoms with Crippen LogP contribution in [0, 0.1) is 0 Å². The van der Waals surface area contributed by atoms with E-state index in [0.717, 1.165) is 10.4 Å². The first-order valence-corrected chi connectivity index (χ1v) is 7.65. The summed E-state index contributed by atoms with van der Waals surface area (Å²) in [5, 5.41) is 11.8. The van der Waals surface area contributed by atoms with Crippen LogP contribution in [0.1, 0.15) is 22.0 Å². The SMILES string of the molecule is Cl.O=C(O)[C@H](c1ccccc1Cl)N1Cc2ccsc2CC1=O. The van der Waals surface area contributed by atoms with E-state index in [1.54, 1.807) is 24.3 Å². The van der Waals surface area contributed by atoms with Gasteiger partial charge in [-0.1, -0.05) is 29.8 Å². The predicted molar refractivity (Wildman–Crippen MR) is 87.6 cm³/mol. The topological polar surface area (TPSA) is 57.6 Å². The second kappa shape index (κ2) is 6.69. The molecule has 1 aliphatic heterocycles. The summed E-state index contributed by atoms with van der Waals surface area (Å²) in [6.45, 7) is 0.305. The van der Waals surface area contributed by atoms with Gasteiger partial charge in [0.05, 0.1) is 6.42 Å². The molecule has 0 saturated carbocycles. The van der Waals surface area contributed by atoms with Gasteiger partial charge in [-0.15, -0.1) is 23.7 Å². The Bertz CT molecular complexity index is 716. The molecular weight excluding hydrogens is 345 g/mol. The molecule has 2 heterocycles. The summed E-state index contributed by atoms with van der Waals surface area (Å²) < 4.78 is 0. The smallest absolute Gasteiger partial charge is 0.331 e. The predicted octanol–water partition coefficient (Wildman–Crippen LogP) is 3.53. The average Bonchev–Trinajstić information content (AvgIpc) is 2.88. The molecule has 0 saturated heterocycles. The molecule has 3 rings (SSSR count). The van der Waals surface area contributed by atoms with E-state index in [-0.39, 0.29) is 24.7 Å². The third-order valence-electron chi connectivity index (χ3n) is 3.56. The fraction of sp³-hybridized carbons (Fsp3) is 0.200. The number of hydrogen-bond donors (Lipinski definition) is 1. The first kappa shape index (κ1) is 16.8. The van der Waals surface area contributed by atoms with Crippen LogP contribution in [0.5, 0.6) is 0 Å². The second-order valence-electron chi connectivity index (χ2n) is 4.83. The fourth-order valence-electron chi connectivity index (χ4n) is 2.54. The Morgan fingerprint density at radius 1 is 1.32 bits per heavy atom. The van der Waals surface area contributed by atoms with Crippen LogP contribution in [-0.2, 0) is 22.6 Å². The summed E-state index contributed by atoms with van der Waals surface area (Å²) in [7, 11) is 0. The molecule has 0 unspecified atom stereocenters. The zero-order chi connectivity index (χ0) is 15.0. The van der Waals surface area contributed by atoms with Crippen molar-refractivity contribution in [3.8, 4) is 0 Å². The van der Waals surface area contributed by atoms with E-state index in [4.69, 9.17) is 11.6 Å². The highest BCUT2D eigenvalue weighted by molar-refractivity contribution is 7.10. The average molecular weight is 358 g/mol. The number of rotatable bonds is 3. The van der Waals surface area contributed by atoms with Gasteiger partial charge in [-0.05, 0) is 23.1 Å². The van der Waals surface area contributed by atoms with Crippen molar-refractivity contribution in [2.24, 2.45) is 0 Å². The molecule has 4 nitrogen and oxygen atoms in total. The van der Waals surface area contributed by atoms with Gasteiger partial charge in [-0.25, -0.2) is 4.79 Å². The van der Waals surface area contributed by atoms with E-state index in [2.05, 4.69) is 0 Å². The first-order chi connectivity index (χ1) is 10.1. The minimum atomic E-state index is -1.07. The van der Waals surface area contributed by atoms with Crippen LogP contribution < -0.4 is 0 Å². The van der Waals surface area contributed by atoms with Gasteiger partial charge < -0.3 is 10.0 Å². The normalized spacial score (nSPS) is 15.0. The van der Waals surface area contributed by atoms with Gasteiger partial charge >= 0.3 is 5.97 Å². The highest BCUT2D eigenvalue weighted by atomic mass is 35.5. The number of carboxylic acids is 1. The minimum Gasteiger partial charge on any atom is -0.479 e. The molecular formula is C15H13Cl2NO3S. The van der Waals surface area contributed by atoms with Crippen LogP contribution in [0.2, 0.25) is 5.02 Å². The number of thiophene rings is 1. The molecule has 7 heteroatoms. The summed E-state index contributed by atoms with van der Waals surface area (Å²) in [5.41, 5.74) is 1.46. The van der Waals surface area contributed by atoms with Crippen molar-refractivity contribution in [3.05, 3.63) is 56.7 Å². The fourth-order valence-corrected chi connectivity index (χ4v) is 3.67. The molecule has 2 aromatic rings. The third kappa shape index (κ3) is 2.97. The molecule has 22 heavy (non-hydrogen) atoms. The largest absolute Gasteiger partial charge is 0.479 e. The van der Waals surface area contributed by atoms with Crippen LogP contribution in [0.25, 0.3) is 0 Å². The number of carboxylic acid groups (broad SMARTS) is 1. The summed E-state index contributed by atoms with van der Waals surface area (Å²) >= 11 is 7.64. The number of aliphatic carboxylic acids is 1. The molecule has 0 bridgehead atoms. The minimum absolute atomic E-state index is 0. The quantitative estimate of drug-likeness (QED) is 0.913. The number of halogens is 2. The Labute approximate surface area is 142 Å². The van der Waals surface area contributed by atoms with Crippen LogP contribution in [0.3, 0.4) is 0 Å². The van der Waals surface area contributed by atoms with E-state index >= 15 is 0 Å². The summed E-state index contributed by atoms with van der Waals surface area (Å²) in [6.07, 6.45) is 0.251. The molecule has 1 atom stereocenters. The van der Waals surface area contributed by atoms with Gasteiger partial charge in [0, 0.05) is 22.0 Å². The molecule has 116 valence electrons. The Balaban J connectivity index is 0.00000176. The summed E-state index contributed by atoms with van der Waals surface area (Å²) in [4.78, 5) is 26.4. The van der Waals surface area contributed by atoms with Crippen molar-refractivity contribution in [1.82, 2.24) is 4.90 Å². The zero-order valence-electron chi connectivity index (χ0n) is 11.4. The van der Waals surface area contributed by atoms with Crippen molar-refractivity contribution < 1.29 is 14.7 Å². The second-order valence-corrected chi connectivity index (χ2v) is 6.24. The lowest BCUT2D eigenvalue weighted by molar-refractivity contribution is -0.151. The van der Waals surface area contributed by atoms with Crippen molar-refractivity contribution >= 4 is 47.2 Å². The molecule has 1 amide bonds. The maximum absolute atomic E-state index is 12.3. The van der Waals surface area contributed by atoms with E-state index in [0.29, 0.717) is 17.1 Å². The number of carbonyl (C=O) groups excluding carboxylic acids is 1. The monoisotopic (exact) mass is 357 g/mol. The van der Waals surface area contributed by atoms with Gasteiger partial charge in [0.1, 0.15) is 0 Å². The Hall–Kier alpha value is -1.56. The summed E-state index contributed by atoms with van der Waals surface area (Å²) in [6, 6.07) is 7.63. The van der Waals surface area contributed by atoms with Crippen molar-refractivity contribution in [3.63, 3.8) is 0 Å². The van der Waals surface area contributed by atoms with Crippen LogP contribution in [0.4, 0.5) is 0 Å². The van der Waals surface area contributed by atoms with Crippen molar-refractivity contribution in [1.29, 1.82) is 0 Å². The molecule has 1 aromatic carbocycles. The number of carbonyl (C=O) groups is 2. The van der Waals surface area contributed by atoms with Crippen molar-refractivity contribution in [2.45, 2.75) is 19.0 Å². The lowest BCUT2D eigenvalue weighted by atomic mass is 10.0. The van der Waals surface area contributed by atoms with Crippen LogP contribution in [0.15, 0.2) is 35.7 Å². The lowest BCUT2D eigenvalue weighted by Crippen LogP contribution is -2.41. The lowest BCUT2D eigenvalue weighted by Gasteiger charge is -2.32. The number of nitrogens with zero attached hydrogens (tertiary/aromatic N) is 1. The first-order valence-electron chi connectivity index (χ1n) is 6.40. The van der Waals surface area contributed by atoms with Gasteiger partial charge in [0.25, 0.3) is 0 Å². The Morgan fingerprint density at radius 2 is 2.05 bits per heavy atom. The molecule has 1 aliphatic rings. The van der Waals surface area contributed by atoms with E-state index < -0.39 is 12.0 Å². The molecule has 0 fully saturated rings. The standard InChI is InChI=1S/C15H12ClNO3S.ClH/c16-11-4-2-1-3-10(11)14(15(19)20)17-8-9-5-6-21-12(9)7-13(17)18;/h1-6,14H,7-8H2,(H,19,20);1H/t14-;/m0./s1. The molecule has 0 radical (unpaired) electrons. The molecule has 1 aromatic heterocycles. The Morgan fingerprint density at radius 3 is 2.73 bits per heavy atom. The van der Waals surface area contributed by atoms with Crippen molar-refractivity contribution in [2.75, 3.05) is 0 Å². The van der Waals surface area contributed by atoms with Gasteiger partial charge in [-0.2, -0.15) is 0 Å². The molecule has 0 aliphatic carbocycles. The highest BCUT2D eigenvalue weighted by Gasteiger charge is 2.35. The summed E-state index contributed by atoms with van der Waals surface area (Å²) in [5.74, 6) is -1.26. The number of benzene rings is 1. The van der Waals surface area contributed by atoms with E-state index in [1.807, 2.05) is 11.4 Å². The van der Waals surface area contributed by atoms with E-state index in [9.17, 15) is 14.7 Å². The highest BCUT2D eigenvalue weighted by Crippen LogP contribution is 2.33. The number of hydrogen-bond acceptors (Lipinski definition) is 3. The number of amides is 1. The van der Waals surface area contributed by atoms with Crippen LogP contribution >= 0.6 is 35.3 Å². The Kier molecular flexibility index (Phi) is 5.11. The molecule has 0 spiro atoms.